The van der Waals surface area contributed by atoms with Gasteiger partial charge in [-0.25, -0.2) is 9.78 Å². The topological polar surface area (TPSA) is 259 Å². The second-order valence-corrected chi connectivity index (χ2v) is 10.7. The molecule has 44 heavy (non-hydrogen) atoms. The molecule has 5 atom stereocenters. The van der Waals surface area contributed by atoms with Crippen molar-refractivity contribution in [1.29, 1.82) is 0 Å². The van der Waals surface area contributed by atoms with Crippen molar-refractivity contribution in [2.45, 2.75) is 70.1 Å². The summed E-state index contributed by atoms with van der Waals surface area (Å²) in [5, 5.41) is 18.7. The summed E-state index contributed by atoms with van der Waals surface area (Å²) in [6.45, 7) is 3.98. The number of imidazole rings is 1. The SMILES string of the molecule is CCC(C)C(NC(=O)C(N)CCCN=C(N)N)C(=O)NC(Cc1c[nH]c2ccccc12)C(=O)NC(Cc1cnc[nH]1)C(=O)O. The maximum atomic E-state index is 13.7. The number of aliphatic imine (C=N–C) groups is 1. The minimum absolute atomic E-state index is 0.0402. The molecular formula is C29H42N10O5. The molecule has 0 aliphatic rings. The highest BCUT2D eigenvalue weighted by molar-refractivity contribution is 5.95. The number of benzene rings is 1. The predicted octanol–water partition coefficient (Wildman–Crippen LogP) is -0.358. The molecule has 3 aromatic rings. The fourth-order valence-corrected chi connectivity index (χ4v) is 4.69. The first-order valence-corrected chi connectivity index (χ1v) is 14.5. The Kier molecular flexibility index (Phi) is 12.3. The van der Waals surface area contributed by atoms with Crippen molar-refractivity contribution in [3.8, 4) is 0 Å². The molecule has 2 heterocycles. The normalized spacial score (nSPS) is 14.5. The van der Waals surface area contributed by atoms with Gasteiger partial charge in [0.1, 0.15) is 18.1 Å². The first kappa shape index (κ1) is 33.6. The number of para-hydroxylation sites is 1. The van der Waals surface area contributed by atoms with Crippen molar-refractivity contribution < 1.29 is 24.3 Å². The number of amides is 3. The highest BCUT2D eigenvalue weighted by Crippen LogP contribution is 2.20. The third kappa shape index (κ3) is 9.55. The molecule has 238 valence electrons. The van der Waals surface area contributed by atoms with E-state index in [-0.39, 0.29) is 31.1 Å². The summed E-state index contributed by atoms with van der Waals surface area (Å²) in [4.78, 5) is 66.0. The van der Waals surface area contributed by atoms with Crippen molar-refractivity contribution in [2.75, 3.05) is 6.54 Å². The van der Waals surface area contributed by atoms with Crippen molar-refractivity contribution in [3.05, 3.63) is 54.2 Å². The Morgan fingerprint density at radius 3 is 2.39 bits per heavy atom. The van der Waals surface area contributed by atoms with E-state index < -0.39 is 47.9 Å². The van der Waals surface area contributed by atoms with Crippen LogP contribution in [0.15, 0.2) is 48.0 Å². The zero-order valence-corrected chi connectivity index (χ0v) is 24.9. The van der Waals surface area contributed by atoms with Gasteiger partial charge in [0, 0.05) is 48.4 Å². The average Bonchev–Trinajstić information content (AvgIpc) is 3.66. The van der Waals surface area contributed by atoms with Gasteiger partial charge >= 0.3 is 5.97 Å². The summed E-state index contributed by atoms with van der Waals surface area (Å²) in [6, 6.07) is 3.12. The molecule has 0 aliphatic heterocycles. The Labute approximate surface area is 254 Å². The van der Waals surface area contributed by atoms with Gasteiger partial charge in [0.25, 0.3) is 0 Å². The summed E-state index contributed by atoms with van der Waals surface area (Å²) in [7, 11) is 0. The van der Waals surface area contributed by atoms with Crippen LogP contribution in [0.3, 0.4) is 0 Å². The van der Waals surface area contributed by atoms with Gasteiger partial charge in [0.2, 0.25) is 17.7 Å². The van der Waals surface area contributed by atoms with E-state index in [0.717, 1.165) is 16.5 Å². The summed E-state index contributed by atoms with van der Waals surface area (Å²) in [5.41, 5.74) is 18.8. The lowest BCUT2D eigenvalue weighted by Crippen LogP contribution is -2.59. The van der Waals surface area contributed by atoms with E-state index in [2.05, 4.69) is 35.9 Å². The fourth-order valence-electron chi connectivity index (χ4n) is 4.69. The third-order valence-electron chi connectivity index (χ3n) is 7.42. The molecule has 3 amide bonds. The number of carbonyl (C=O) groups excluding carboxylic acids is 3. The molecule has 0 radical (unpaired) electrons. The molecule has 15 nitrogen and oxygen atoms in total. The number of aromatic amines is 2. The number of aliphatic carboxylic acids is 1. The second-order valence-electron chi connectivity index (χ2n) is 10.7. The Morgan fingerprint density at radius 1 is 1.00 bits per heavy atom. The zero-order valence-electron chi connectivity index (χ0n) is 24.9. The quantitative estimate of drug-likeness (QED) is 0.0548. The number of hydrogen-bond donors (Lipinski definition) is 9. The fraction of sp³-hybridized carbons (Fsp3) is 0.448. The van der Waals surface area contributed by atoms with Crippen LogP contribution < -0.4 is 33.2 Å². The van der Waals surface area contributed by atoms with Gasteiger partial charge in [0.15, 0.2) is 5.96 Å². The molecule has 0 aliphatic carbocycles. The third-order valence-corrected chi connectivity index (χ3v) is 7.42. The minimum atomic E-state index is -1.28. The monoisotopic (exact) mass is 610 g/mol. The number of nitrogens with one attached hydrogen (secondary N) is 5. The van der Waals surface area contributed by atoms with E-state index in [0.29, 0.717) is 25.1 Å². The number of carboxylic acids is 1. The van der Waals surface area contributed by atoms with Crippen LogP contribution >= 0.6 is 0 Å². The first-order chi connectivity index (χ1) is 21.0. The summed E-state index contributed by atoms with van der Waals surface area (Å²) in [5.74, 6) is -3.43. The molecule has 0 saturated heterocycles. The maximum Gasteiger partial charge on any atom is 0.326 e. The smallest absolute Gasteiger partial charge is 0.326 e. The Bertz CT molecular complexity index is 1430. The molecule has 0 fully saturated rings. The van der Waals surface area contributed by atoms with Crippen LogP contribution in [0.4, 0.5) is 0 Å². The van der Waals surface area contributed by atoms with Gasteiger partial charge in [-0.2, -0.15) is 0 Å². The van der Waals surface area contributed by atoms with Gasteiger partial charge in [-0.15, -0.1) is 0 Å². The molecule has 5 unspecified atom stereocenters. The molecule has 0 saturated carbocycles. The maximum absolute atomic E-state index is 13.7. The molecular weight excluding hydrogens is 568 g/mol. The van der Waals surface area contributed by atoms with Gasteiger partial charge in [0.05, 0.1) is 12.4 Å². The zero-order chi connectivity index (χ0) is 32.2. The van der Waals surface area contributed by atoms with Gasteiger partial charge in [-0.05, 0) is 30.4 Å². The molecule has 2 aromatic heterocycles. The van der Waals surface area contributed by atoms with Crippen molar-refractivity contribution in [2.24, 2.45) is 28.1 Å². The highest BCUT2D eigenvalue weighted by Gasteiger charge is 2.33. The van der Waals surface area contributed by atoms with Crippen LogP contribution in [-0.4, -0.2) is 80.4 Å². The Morgan fingerprint density at radius 2 is 1.73 bits per heavy atom. The van der Waals surface area contributed by atoms with Crippen molar-refractivity contribution in [3.63, 3.8) is 0 Å². The molecule has 0 spiro atoms. The number of nitrogens with zero attached hydrogens (tertiary/aromatic N) is 2. The number of nitrogens with two attached hydrogens (primary N) is 3. The number of aromatic nitrogens is 3. The van der Waals surface area contributed by atoms with E-state index >= 15 is 0 Å². The van der Waals surface area contributed by atoms with Crippen LogP contribution in [0.1, 0.15) is 44.4 Å². The lowest BCUT2D eigenvalue weighted by atomic mass is 9.96. The van der Waals surface area contributed by atoms with E-state index in [9.17, 15) is 24.3 Å². The van der Waals surface area contributed by atoms with Crippen molar-refractivity contribution in [1.82, 2.24) is 30.9 Å². The number of H-pyrrole nitrogens is 2. The Hall–Kier alpha value is -4.92. The van der Waals surface area contributed by atoms with Crippen LogP contribution in [0, 0.1) is 5.92 Å². The van der Waals surface area contributed by atoms with Crippen LogP contribution in [-0.2, 0) is 32.0 Å². The molecule has 12 N–H and O–H groups in total. The van der Waals surface area contributed by atoms with E-state index in [1.807, 2.05) is 31.2 Å². The van der Waals surface area contributed by atoms with Crippen molar-refractivity contribution >= 4 is 40.6 Å². The highest BCUT2D eigenvalue weighted by atomic mass is 16.4. The van der Waals surface area contributed by atoms with Gasteiger partial charge < -0.3 is 48.2 Å². The summed E-state index contributed by atoms with van der Waals surface area (Å²) < 4.78 is 0. The number of carboxylic acid groups (broad SMARTS) is 1. The molecule has 1 aromatic carbocycles. The number of rotatable bonds is 17. The molecule has 15 heteroatoms. The van der Waals surface area contributed by atoms with Gasteiger partial charge in [-0.3, -0.25) is 19.4 Å². The van der Waals surface area contributed by atoms with Crippen LogP contribution in [0.2, 0.25) is 0 Å². The lowest BCUT2D eigenvalue weighted by Gasteiger charge is -2.28. The summed E-state index contributed by atoms with van der Waals surface area (Å²) >= 11 is 0. The minimum Gasteiger partial charge on any atom is -0.480 e. The van der Waals surface area contributed by atoms with Gasteiger partial charge in [-0.1, -0.05) is 38.5 Å². The molecule has 0 bridgehead atoms. The van der Waals surface area contributed by atoms with Crippen LogP contribution in [0.25, 0.3) is 10.9 Å². The second kappa shape index (κ2) is 16.1. The first-order valence-electron chi connectivity index (χ1n) is 14.5. The largest absolute Gasteiger partial charge is 0.480 e. The van der Waals surface area contributed by atoms with E-state index in [1.165, 1.54) is 12.5 Å². The lowest BCUT2D eigenvalue weighted by molar-refractivity contribution is -0.142. The number of carbonyl (C=O) groups is 4. The number of hydrogen-bond acceptors (Lipinski definition) is 7. The Balaban J connectivity index is 1.80. The summed E-state index contributed by atoms with van der Waals surface area (Å²) in [6.07, 6.45) is 5.94. The standard InChI is InChI=1S/C29H42N10O5/c1-3-16(2)24(39-25(40)20(30)8-6-10-34-29(31)32)27(42)37-22(11-17-13-35-21-9-5-4-7-19(17)21)26(41)38-23(28(43)44)12-18-14-33-15-36-18/h4-5,7,9,13-16,20,22-24,35H,3,6,8,10-12,30H2,1-2H3,(H,33,36)(H,37,42)(H,38,41)(H,39,40)(H,43,44)(H4,31,32,34). The van der Waals surface area contributed by atoms with E-state index in [4.69, 9.17) is 17.2 Å². The number of fused-ring (bicyclic) bond motifs is 1. The van der Waals surface area contributed by atoms with Crippen LogP contribution in [0.5, 0.6) is 0 Å². The van der Waals surface area contributed by atoms with E-state index in [1.54, 1.807) is 13.1 Å². The molecule has 3 rings (SSSR count). The average molecular weight is 611 g/mol. The predicted molar refractivity (Wildman–Crippen MR) is 165 cm³/mol. The number of guanidine groups is 1.